The van der Waals surface area contributed by atoms with Crippen molar-refractivity contribution < 1.29 is 24.2 Å². The van der Waals surface area contributed by atoms with Crippen LogP contribution in [0.5, 0.6) is 11.5 Å². The fourth-order valence-electron chi connectivity index (χ4n) is 2.53. The van der Waals surface area contributed by atoms with Crippen molar-refractivity contribution in [1.29, 1.82) is 0 Å². The van der Waals surface area contributed by atoms with Crippen LogP contribution in [-0.2, 0) is 9.59 Å². The van der Waals surface area contributed by atoms with E-state index >= 15 is 0 Å². The van der Waals surface area contributed by atoms with Gasteiger partial charge in [-0.05, 0) is 12.1 Å². The normalized spacial score (nSPS) is 17.5. The zero-order valence-corrected chi connectivity index (χ0v) is 11.4. The number of fused-ring (bicyclic) bond motifs is 1. The van der Waals surface area contributed by atoms with E-state index < -0.39 is 11.9 Å². The van der Waals surface area contributed by atoms with Gasteiger partial charge in [-0.1, -0.05) is 0 Å². The smallest absolute Gasteiger partial charge is 0.269 e. The van der Waals surface area contributed by atoms with Crippen molar-refractivity contribution in [2.75, 3.05) is 44.3 Å². The number of hydrogen-bond donors (Lipinski definition) is 0. The van der Waals surface area contributed by atoms with Crippen molar-refractivity contribution in [2.45, 2.75) is 0 Å². The molecule has 0 unspecified atom stereocenters. The maximum Gasteiger partial charge on any atom is 0.269 e. The Morgan fingerprint density at radius 1 is 1.00 bits per heavy atom. The maximum atomic E-state index is 11.3. The van der Waals surface area contributed by atoms with Crippen LogP contribution in [0.2, 0.25) is 0 Å². The Morgan fingerprint density at radius 3 is 2.33 bits per heavy atom. The number of anilines is 1. The highest BCUT2D eigenvalue weighted by atomic mass is 16.6. The summed E-state index contributed by atoms with van der Waals surface area (Å²) in [6.07, 6.45) is 0. The fraction of sp³-hybridized carbons (Fsp3) is 0.429. The summed E-state index contributed by atoms with van der Waals surface area (Å²) >= 11 is 0. The molecule has 0 radical (unpaired) electrons. The third-order valence-electron chi connectivity index (χ3n) is 3.63. The molecule has 0 atom stereocenters. The molecule has 0 N–H and O–H groups in total. The van der Waals surface area contributed by atoms with Crippen molar-refractivity contribution in [3.63, 3.8) is 0 Å². The molecule has 3 rings (SSSR count). The number of rotatable bonds is 1. The molecule has 0 bridgehead atoms. The lowest BCUT2D eigenvalue weighted by atomic mass is 10.2. The highest BCUT2D eigenvalue weighted by Gasteiger charge is 2.23. The number of carboxylic acid groups (broad SMARTS) is 1. The molecular formula is C14H15N2O5-. The summed E-state index contributed by atoms with van der Waals surface area (Å²) in [5, 5.41) is 10.6. The molecule has 0 aliphatic carbocycles. The molecule has 2 aliphatic heterocycles. The van der Waals surface area contributed by atoms with Crippen molar-refractivity contribution in [1.82, 2.24) is 4.90 Å². The summed E-state index contributed by atoms with van der Waals surface area (Å²) in [6, 6.07) is 5.71. The molecule has 2 heterocycles. The van der Waals surface area contributed by atoms with Crippen LogP contribution in [-0.4, -0.2) is 56.2 Å². The number of aliphatic carboxylic acids is 1. The molecule has 1 saturated heterocycles. The van der Waals surface area contributed by atoms with Gasteiger partial charge in [-0.2, -0.15) is 0 Å². The minimum atomic E-state index is -1.65. The number of ether oxygens (including phenoxy) is 2. The van der Waals surface area contributed by atoms with E-state index in [9.17, 15) is 14.7 Å². The number of amides is 1. The third kappa shape index (κ3) is 2.72. The van der Waals surface area contributed by atoms with E-state index in [0.29, 0.717) is 45.1 Å². The lowest BCUT2D eigenvalue weighted by Crippen LogP contribution is -2.53. The van der Waals surface area contributed by atoms with Gasteiger partial charge in [0, 0.05) is 37.9 Å². The third-order valence-corrected chi connectivity index (χ3v) is 3.63. The van der Waals surface area contributed by atoms with Crippen LogP contribution in [0.4, 0.5) is 5.69 Å². The number of benzene rings is 1. The Bertz CT molecular complexity index is 566. The minimum Gasteiger partial charge on any atom is -0.540 e. The maximum absolute atomic E-state index is 11.3. The van der Waals surface area contributed by atoms with Gasteiger partial charge in [0.05, 0.1) is 0 Å². The predicted octanol–water partition coefficient (Wildman–Crippen LogP) is -1.14. The van der Waals surface area contributed by atoms with Crippen LogP contribution in [0, 0.1) is 0 Å². The van der Waals surface area contributed by atoms with E-state index in [1.54, 1.807) is 0 Å². The molecule has 21 heavy (non-hydrogen) atoms. The zero-order valence-electron chi connectivity index (χ0n) is 11.4. The van der Waals surface area contributed by atoms with Gasteiger partial charge < -0.3 is 29.2 Å². The highest BCUT2D eigenvalue weighted by molar-refractivity contribution is 6.30. The van der Waals surface area contributed by atoms with Gasteiger partial charge in [0.2, 0.25) is 0 Å². The zero-order chi connectivity index (χ0) is 14.8. The number of carbonyl (C=O) groups excluding carboxylic acids is 2. The second-order valence-electron chi connectivity index (χ2n) is 4.89. The van der Waals surface area contributed by atoms with Crippen LogP contribution >= 0.6 is 0 Å². The molecule has 112 valence electrons. The Hall–Kier alpha value is -2.44. The molecule has 7 heteroatoms. The topological polar surface area (TPSA) is 82.1 Å². The SMILES string of the molecule is O=C([O-])C(=O)N1CCN(c2ccc3c(c2)OCCO3)CC1. The second-order valence-corrected chi connectivity index (χ2v) is 4.89. The number of carboxylic acids is 1. The molecule has 0 aromatic heterocycles. The van der Waals surface area contributed by atoms with Crippen LogP contribution in [0.25, 0.3) is 0 Å². The molecule has 2 aliphatic rings. The minimum absolute atomic E-state index is 0.362. The van der Waals surface area contributed by atoms with E-state index in [4.69, 9.17) is 9.47 Å². The molecular weight excluding hydrogens is 276 g/mol. The average molecular weight is 291 g/mol. The molecule has 1 amide bonds. The van der Waals surface area contributed by atoms with E-state index in [1.807, 2.05) is 18.2 Å². The van der Waals surface area contributed by atoms with Gasteiger partial charge in [-0.3, -0.25) is 4.79 Å². The molecule has 1 aromatic rings. The quantitative estimate of drug-likeness (QED) is 0.608. The summed E-state index contributed by atoms with van der Waals surface area (Å²) in [6.45, 7) is 2.94. The molecule has 1 aromatic carbocycles. The van der Waals surface area contributed by atoms with Gasteiger partial charge in [-0.15, -0.1) is 0 Å². The van der Waals surface area contributed by atoms with Crippen LogP contribution < -0.4 is 19.5 Å². The Labute approximate surface area is 121 Å². The van der Waals surface area contributed by atoms with E-state index in [2.05, 4.69) is 4.90 Å². The predicted molar refractivity (Wildman–Crippen MR) is 71.2 cm³/mol. The number of hydrogen-bond acceptors (Lipinski definition) is 6. The summed E-state index contributed by atoms with van der Waals surface area (Å²) in [7, 11) is 0. The van der Waals surface area contributed by atoms with E-state index in [-0.39, 0.29) is 0 Å². The fourth-order valence-corrected chi connectivity index (χ4v) is 2.53. The number of nitrogens with zero attached hydrogens (tertiary/aromatic N) is 2. The molecule has 7 nitrogen and oxygen atoms in total. The summed E-state index contributed by atoms with van der Waals surface area (Å²) in [5.74, 6) is -1.15. The van der Waals surface area contributed by atoms with Gasteiger partial charge in [0.1, 0.15) is 19.2 Å². The van der Waals surface area contributed by atoms with Crippen molar-refractivity contribution >= 4 is 17.6 Å². The molecule has 0 saturated carbocycles. The van der Waals surface area contributed by atoms with E-state index in [0.717, 1.165) is 11.4 Å². The Morgan fingerprint density at radius 2 is 1.67 bits per heavy atom. The summed E-state index contributed by atoms with van der Waals surface area (Å²) in [4.78, 5) is 25.3. The lowest BCUT2D eigenvalue weighted by molar-refractivity contribution is -0.301. The standard InChI is InChI=1S/C14H16N2O5/c17-13(14(18)19)16-5-3-15(4-6-16)10-1-2-11-12(9-10)21-8-7-20-11/h1-2,9H,3-8H2,(H,18,19)/p-1. The van der Waals surface area contributed by atoms with Crippen molar-refractivity contribution in [3.05, 3.63) is 18.2 Å². The van der Waals surface area contributed by atoms with Crippen LogP contribution in [0.3, 0.4) is 0 Å². The van der Waals surface area contributed by atoms with E-state index in [1.165, 1.54) is 4.90 Å². The first-order chi connectivity index (χ1) is 10.1. The van der Waals surface area contributed by atoms with Crippen LogP contribution in [0.15, 0.2) is 18.2 Å². The number of carbonyl (C=O) groups is 2. The first-order valence-electron chi connectivity index (χ1n) is 6.80. The van der Waals surface area contributed by atoms with Gasteiger partial charge >= 0.3 is 0 Å². The monoisotopic (exact) mass is 291 g/mol. The van der Waals surface area contributed by atoms with Crippen molar-refractivity contribution in [3.8, 4) is 11.5 Å². The van der Waals surface area contributed by atoms with Crippen LogP contribution in [0.1, 0.15) is 0 Å². The average Bonchev–Trinajstić information content (AvgIpc) is 2.54. The van der Waals surface area contributed by atoms with Gasteiger partial charge in [-0.25, -0.2) is 0 Å². The number of piperazine rings is 1. The summed E-state index contributed by atoms with van der Waals surface area (Å²) in [5.41, 5.74) is 0.972. The Balaban J connectivity index is 1.67. The Kier molecular flexibility index (Phi) is 3.55. The first kappa shape index (κ1) is 13.5. The summed E-state index contributed by atoms with van der Waals surface area (Å²) < 4.78 is 11.0. The lowest BCUT2D eigenvalue weighted by Gasteiger charge is -2.36. The first-order valence-corrected chi connectivity index (χ1v) is 6.80. The second kappa shape index (κ2) is 5.51. The van der Waals surface area contributed by atoms with Crippen molar-refractivity contribution in [2.24, 2.45) is 0 Å². The molecule has 1 fully saturated rings. The largest absolute Gasteiger partial charge is 0.540 e. The highest BCUT2D eigenvalue weighted by Crippen LogP contribution is 2.34. The van der Waals surface area contributed by atoms with Gasteiger partial charge in [0.15, 0.2) is 11.5 Å². The molecule has 0 spiro atoms. The van der Waals surface area contributed by atoms with Gasteiger partial charge in [0.25, 0.3) is 5.91 Å².